The summed E-state index contributed by atoms with van der Waals surface area (Å²) in [5.41, 5.74) is -0.614. The molecular formula is C20H35NO4Si. The van der Waals surface area contributed by atoms with Crippen LogP contribution in [0.25, 0.3) is 0 Å². The molecule has 2 aliphatic rings. The van der Waals surface area contributed by atoms with E-state index in [1.54, 1.807) is 4.90 Å². The first-order chi connectivity index (χ1) is 11.8. The van der Waals surface area contributed by atoms with Crippen LogP contribution >= 0.6 is 0 Å². The van der Waals surface area contributed by atoms with Crippen LogP contribution < -0.4 is 0 Å². The highest BCUT2D eigenvalue weighted by Crippen LogP contribution is 2.43. The number of hydrogen-bond acceptors (Lipinski definition) is 4. The molecule has 0 aromatic carbocycles. The number of allylic oxidation sites excluding steroid dienone is 1. The molecule has 0 unspecified atom stereocenters. The summed E-state index contributed by atoms with van der Waals surface area (Å²) in [6, 6.07) is -0.342. The summed E-state index contributed by atoms with van der Waals surface area (Å²) in [5, 5.41) is 0.0990. The lowest BCUT2D eigenvalue weighted by Gasteiger charge is -2.44. The molecule has 1 fully saturated rings. The van der Waals surface area contributed by atoms with Gasteiger partial charge in [0, 0.05) is 11.8 Å². The summed E-state index contributed by atoms with van der Waals surface area (Å²) in [6.07, 6.45) is 4.09. The van der Waals surface area contributed by atoms with Crippen molar-refractivity contribution in [1.82, 2.24) is 4.90 Å². The van der Waals surface area contributed by atoms with E-state index in [0.29, 0.717) is 13.0 Å². The van der Waals surface area contributed by atoms with Crippen molar-refractivity contribution in [2.24, 2.45) is 11.3 Å². The molecule has 0 spiro atoms. The van der Waals surface area contributed by atoms with Gasteiger partial charge in [-0.1, -0.05) is 41.5 Å². The lowest BCUT2D eigenvalue weighted by atomic mass is 9.74. The molecule has 5 nitrogen and oxygen atoms in total. The summed E-state index contributed by atoms with van der Waals surface area (Å²) >= 11 is 0. The maximum atomic E-state index is 12.5. The molecule has 2 rings (SSSR count). The van der Waals surface area contributed by atoms with E-state index < -0.39 is 13.7 Å². The minimum Gasteiger partial charge on any atom is -0.547 e. The van der Waals surface area contributed by atoms with Crippen molar-refractivity contribution in [1.29, 1.82) is 0 Å². The lowest BCUT2D eigenvalue weighted by Crippen LogP contribution is -2.53. The Morgan fingerprint density at radius 2 is 2.00 bits per heavy atom. The molecule has 0 N–H and O–H groups in total. The molecule has 3 atom stereocenters. The number of carbonyl (C=O) groups is 2. The van der Waals surface area contributed by atoms with E-state index >= 15 is 0 Å². The topological polar surface area (TPSA) is 55.8 Å². The molecule has 0 saturated carbocycles. The van der Waals surface area contributed by atoms with Crippen LogP contribution in [0.15, 0.2) is 11.8 Å². The minimum absolute atomic E-state index is 0.0183. The summed E-state index contributed by atoms with van der Waals surface area (Å²) < 4.78 is 11.8. The van der Waals surface area contributed by atoms with Crippen LogP contribution in [-0.4, -0.2) is 44.3 Å². The highest BCUT2D eigenvalue weighted by molar-refractivity contribution is 6.74. The Hall–Kier alpha value is -1.30. The second kappa shape index (κ2) is 7.02. The quantitative estimate of drug-likeness (QED) is 0.510. The van der Waals surface area contributed by atoms with E-state index in [-0.39, 0.29) is 29.1 Å². The highest BCUT2D eigenvalue weighted by Gasteiger charge is 2.49. The Morgan fingerprint density at radius 1 is 1.38 bits per heavy atom. The standard InChI is InChI=1S/C20H35NO4Si/c1-14(2)16-12-24-18(23)21(16)17-11-15(9-10-20(17,6)13-22)25-26(7,8)19(3,4)5/h11,13-14,16-17H,9-10,12H2,1-8H3/t16-,17+,20+/m0/s1. The molecule has 6 heteroatoms. The van der Waals surface area contributed by atoms with Gasteiger partial charge in [-0.25, -0.2) is 4.79 Å². The van der Waals surface area contributed by atoms with E-state index in [1.165, 1.54) is 0 Å². The first-order valence-electron chi connectivity index (χ1n) is 9.63. The van der Waals surface area contributed by atoms with Crippen LogP contribution in [0.2, 0.25) is 18.1 Å². The van der Waals surface area contributed by atoms with Gasteiger partial charge in [0.25, 0.3) is 0 Å². The maximum Gasteiger partial charge on any atom is 0.410 e. The van der Waals surface area contributed by atoms with Gasteiger partial charge in [-0.3, -0.25) is 4.90 Å². The van der Waals surface area contributed by atoms with Crippen molar-refractivity contribution >= 4 is 20.7 Å². The van der Waals surface area contributed by atoms with Gasteiger partial charge in [-0.05, 0) is 36.5 Å². The smallest absolute Gasteiger partial charge is 0.410 e. The van der Waals surface area contributed by atoms with Crippen LogP contribution in [0.5, 0.6) is 0 Å². The van der Waals surface area contributed by atoms with E-state index in [0.717, 1.165) is 18.5 Å². The molecule has 0 aromatic rings. The molecule has 1 amide bonds. The minimum atomic E-state index is -1.97. The van der Waals surface area contributed by atoms with E-state index in [4.69, 9.17) is 9.16 Å². The van der Waals surface area contributed by atoms with Gasteiger partial charge < -0.3 is 14.0 Å². The average Bonchev–Trinajstić information content (AvgIpc) is 2.89. The third-order valence-electron chi connectivity index (χ3n) is 6.41. The van der Waals surface area contributed by atoms with Crippen LogP contribution in [-0.2, 0) is 14.0 Å². The second-order valence-corrected chi connectivity index (χ2v) is 14.6. The van der Waals surface area contributed by atoms with Crippen molar-refractivity contribution in [3.05, 3.63) is 11.8 Å². The van der Waals surface area contributed by atoms with Crippen molar-refractivity contribution in [2.75, 3.05) is 6.61 Å². The Kier molecular flexibility index (Phi) is 5.67. The number of nitrogens with zero attached hydrogens (tertiary/aromatic N) is 1. The van der Waals surface area contributed by atoms with Gasteiger partial charge in [0.15, 0.2) is 0 Å². The molecule has 0 aromatic heterocycles. The number of hydrogen-bond donors (Lipinski definition) is 0. The van der Waals surface area contributed by atoms with Crippen molar-refractivity contribution < 1.29 is 18.8 Å². The average molecular weight is 382 g/mol. The number of aldehydes is 1. The molecule has 1 aliphatic heterocycles. The zero-order valence-electron chi connectivity index (χ0n) is 17.6. The number of amides is 1. The van der Waals surface area contributed by atoms with Crippen LogP contribution in [0.4, 0.5) is 4.79 Å². The fraction of sp³-hybridized carbons (Fsp3) is 0.800. The predicted octanol–water partition coefficient (Wildman–Crippen LogP) is 4.74. The summed E-state index contributed by atoms with van der Waals surface area (Å²) in [5.74, 6) is 1.18. The number of cyclic esters (lactones) is 1. The van der Waals surface area contributed by atoms with Gasteiger partial charge >= 0.3 is 6.09 Å². The van der Waals surface area contributed by atoms with Crippen molar-refractivity contribution in [3.63, 3.8) is 0 Å². The summed E-state index contributed by atoms with van der Waals surface area (Å²) in [7, 11) is -1.97. The normalized spacial score (nSPS) is 30.3. The Balaban J connectivity index is 2.39. The first-order valence-corrected chi connectivity index (χ1v) is 12.5. The summed E-state index contributed by atoms with van der Waals surface area (Å²) in [4.78, 5) is 26.2. The molecule has 26 heavy (non-hydrogen) atoms. The Bertz CT molecular complexity index is 593. The third-order valence-corrected chi connectivity index (χ3v) is 10.8. The molecule has 148 valence electrons. The predicted molar refractivity (Wildman–Crippen MR) is 105 cm³/mol. The van der Waals surface area contributed by atoms with Crippen LogP contribution in [0.3, 0.4) is 0 Å². The molecule has 1 heterocycles. The van der Waals surface area contributed by atoms with Gasteiger partial charge in [-0.2, -0.15) is 0 Å². The van der Waals surface area contributed by atoms with Crippen LogP contribution in [0, 0.1) is 11.3 Å². The number of carbonyl (C=O) groups excluding carboxylic acids is 2. The monoisotopic (exact) mass is 381 g/mol. The molecule has 0 radical (unpaired) electrons. The van der Waals surface area contributed by atoms with Gasteiger partial charge in [-0.15, -0.1) is 0 Å². The zero-order valence-corrected chi connectivity index (χ0v) is 18.6. The van der Waals surface area contributed by atoms with Gasteiger partial charge in [0.2, 0.25) is 8.32 Å². The zero-order chi connectivity index (χ0) is 19.9. The van der Waals surface area contributed by atoms with Crippen molar-refractivity contribution in [3.8, 4) is 0 Å². The first kappa shape index (κ1) is 21.0. The molecule has 0 bridgehead atoms. The number of rotatable bonds is 5. The maximum absolute atomic E-state index is 12.5. The second-order valence-electron chi connectivity index (χ2n) is 9.86. The van der Waals surface area contributed by atoms with E-state index in [1.807, 2.05) is 13.0 Å². The Morgan fingerprint density at radius 3 is 2.50 bits per heavy atom. The molecule has 1 saturated heterocycles. The van der Waals surface area contributed by atoms with Gasteiger partial charge in [0.1, 0.15) is 12.9 Å². The largest absolute Gasteiger partial charge is 0.547 e. The van der Waals surface area contributed by atoms with E-state index in [2.05, 4.69) is 47.7 Å². The van der Waals surface area contributed by atoms with Crippen LogP contribution in [0.1, 0.15) is 54.4 Å². The third kappa shape index (κ3) is 3.85. The summed E-state index contributed by atoms with van der Waals surface area (Å²) in [6.45, 7) is 17.6. The fourth-order valence-electron chi connectivity index (χ4n) is 3.36. The van der Waals surface area contributed by atoms with Gasteiger partial charge in [0.05, 0.1) is 17.8 Å². The lowest BCUT2D eigenvalue weighted by molar-refractivity contribution is -0.118. The fourth-order valence-corrected chi connectivity index (χ4v) is 4.49. The van der Waals surface area contributed by atoms with E-state index in [9.17, 15) is 9.59 Å². The highest BCUT2D eigenvalue weighted by atomic mass is 28.4. The molecule has 1 aliphatic carbocycles. The Labute approximate surface area is 159 Å². The van der Waals surface area contributed by atoms with Crippen molar-refractivity contribution in [2.45, 2.75) is 84.6 Å². The SMILES string of the molecule is CC(C)[C@@H]1COC(=O)N1[C@@H]1C=C(O[Si](C)(C)C(C)(C)C)CC[C@]1(C)C=O. The molecular weight excluding hydrogens is 346 g/mol. The number of ether oxygens (including phenoxy) is 1.